The third-order valence-electron chi connectivity index (χ3n) is 4.12. The zero-order valence-corrected chi connectivity index (χ0v) is 16.4. The summed E-state index contributed by atoms with van der Waals surface area (Å²) in [5, 5.41) is 2.70. The van der Waals surface area contributed by atoms with Crippen molar-refractivity contribution in [2.45, 2.75) is 38.0 Å². The molecule has 0 unspecified atom stereocenters. The third kappa shape index (κ3) is 5.53. The summed E-state index contributed by atoms with van der Waals surface area (Å²) in [6.45, 7) is 3.87. The van der Waals surface area contributed by atoms with Gasteiger partial charge in [0.2, 0.25) is 5.91 Å². The first kappa shape index (κ1) is 20.9. The maximum absolute atomic E-state index is 14.3. The van der Waals surface area contributed by atoms with E-state index in [-0.39, 0.29) is 10.6 Å². The average molecular weight is 392 g/mol. The van der Waals surface area contributed by atoms with Crippen molar-refractivity contribution in [1.29, 1.82) is 0 Å². The topological polar surface area (TPSA) is 66.5 Å². The zero-order valence-electron chi connectivity index (χ0n) is 15.6. The lowest BCUT2D eigenvalue weighted by molar-refractivity contribution is -0.119. The van der Waals surface area contributed by atoms with Crippen LogP contribution in [0.25, 0.3) is 0 Å². The van der Waals surface area contributed by atoms with Gasteiger partial charge in [-0.3, -0.25) is 9.10 Å². The lowest BCUT2D eigenvalue weighted by atomic mass is 10.2. The van der Waals surface area contributed by atoms with Gasteiger partial charge in [0.1, 0.15) is 12.4 Å². The molecule has 0 saturated carbocycles. The normalized spacial score (nSPS) is 11.2. The van der Waals surface area contributed by atoms with Crippen LogP contribution in [0.3, 0.4) is 0 Å². The molecule has 0 atom stereocenters. The van der Waals surface area contributed by atoms with E-state index in [1.165, 1.54) is 36.4 Å². The molecule has 1 amide bonds. The number of carbonyl (C=O) groups is 1. The number of carbonyl (C=O) groups excluding carboxylic acids is 1. The van der Waals surface area contributed by atoms with Crippen molar-refractivity contribution in [2.24, 2.45) is 0 Å². The molecule has 0 bridgehead atoms. The van der Waals surface area contributed by atoms with Crippen molar-refractivity contribution in [3.05, 3.63) is 59.9 Å². The Kier molecular flexibility index (Phi) is 7.36. The van der Waals surface area contributed by atoms with Gasteiger partial charge in [-0.05, 0) is 37.6 Å². The monoisotopic (exact) mass is 392 g/mol. The van der Waals surface area contributed by atoms with Gasteiger partial charge in [0.15, 0.2) is 0 Å². The molecule has 0 saturated heterocycles. The number of halogens is 1. The number of nitrogens with one attached hydrogen (secondary N) is 1. The van der Waals surface area contributed by atoms with Crippen LogP contribution in [-0.4, -0.2) is 27.4 Å². The Bertz CT molecular complexity index is 867. The predicted octanol–water partition coefficient (Wildman–Crippen LogP) is 3.64. The van der Waals surface area contributed by atoms with E-state index in [0.717, 1.165) is 29.1 Å². The molecule has 1 N–H and O–H groups in total. The van der Waals surface area contributed by atoms with Crippen molar-refractivity contribution in [3.8, 4) is 0 Å². The lowest BCUT2D eigenvalue weighted by Crippen LogP contribution is -2.41. The molecular formula is C20H25FN2O3S. The highest BCUT2D eigenvalue weighted by Gasteiger charge is 2.28. The minimum atomic E-state index is -4.09. The highest BCUT2D eigenvalue weighted by Crippen LogP contribution is 2.26. The number of rotatable bonds is 9. The van der Waals surface area contributed by atoms with Gasteiger partial charge in [-0.25, -0.2) is 12.8 Å². The van der Waals surface area contributed by atoms with Crippen LogP contribution >= 0.6 is 0 Å². The molecule has 0 aliphatic rings. The Balaban J connectivity index is 2.31. The highest BCUT2D eigenvalue weighted by atomic mass is 32.2. The Morgan fingerprint density at radius 1 is 1.07 bits per heavy atom. The summed E-state index contributed by atoms with van der Waals surface area (Å²) in [5.74, 6) is -1.17. The minimum Gasteiger partial charge on any atom is -0.355 e. The first-order valence-electron chi connectivity index (χ1n) is 8.97. The summed E-state index contributed by atoms with van der Waals surface area (Å²) in [7, 11) is -4.09. The van der Waals surface area contributed by atoms with Gasteiger partial charge in [-0.1, -0.05) is 49.6 Å². The Morgan fingerprint density at radius 2 is 1.74 bits per heavy atom. The van der Waals surface area contributed by atoms with Crippen LogP contribution in [0.1, 0.15) is 31.7 Å². The summed E-state index contributed by atoms with van der Waals surface area (Å²) >= 11 is 0. The van der Waals surface area contributed by atoms with Gasteiger partial charge < -0.3 is 5.32 Å². The van der Waals surface area contributed by atoms with E-state index in [1.54, 1.807) is 12.1 Å². The van der Waals surface area contributed by atoms with Crippen molar-refractivity contribution >= 4 is 21.6 Å². The Hall–Kier alpha value is -2.41. The predicted molar refractivity (Wildman–Crippen MR) is 105 cm³/mol. The second kappa shape index (κ2) is 9.50. The number of unbranched alkanes of at least 4 members (excludes halogenated alkanes) is 2. The minimum absolute atomic E-state index is 0.00939. The molecule has 2 rings (SSSR count). The zero-order chi connectivity index (χ0) is 19.9. The highest BCUT2D eigenvalue weighted by molar-refractivity contribution is 7.92. The number of benzene rings is 2. The number of hydrogen-bond acceptors (Lipinski definition) is 3. The molecule has 146 valence electrons. The molecule has 27 heavy (non-hydrogen) atoms. The third-order valence-corrected chi connectivity index (χ3v) is 5.89. The molecule has 0 fully saturated rings. The van der Waals surface area contributed by atoms with E-state index in [9.17, 15) is 17.6 Å². The summed E-state index contributed by atoms with van der Waals surface area (Å²) < 4.78 is 41.3. The van der Waals surface area contributed by atoms with Crippen molar-refractivity contribution in [1.82, 2.24) is 5.32 Å². The molecular weight excluding hydrogens is 367 g/mol. The summed E-state index contributed by atoms with van der Waals surface area (Å²) in [6.07, 6.45) is 2.80. The molecule has 5 nitrogen and oxygen atoms in total. The van der Waals surface area contributed by atoms with E-state index in [2.05, 4.69) is 12.2 Å². The maximum atomic E-state index is 14.3. The van der Waals surface area contributed by atoms with Gasteiger partial charge in [-0.15, -0.1) is 0 Å². The van der Waals surface area contributed by atoms with Gasteiger partial charge in [0, 0.05) is 6.54 Å². The van der Waals surface area contributed by atoms with E-state index in [1.807, 2.05) is 6.92 Å². The number of sulfonamides is 1. The summed E-state index contributed by atoms with van der Waals surface area (Å²) in [5.41, 5.74) is 0.752. The Morgan fingerprint density at radius 3 is 2.37 bits per heavy atom. The summed E-state index contributed by atoms with van der Waals surface area (Å²) in [6, 6.07) is 11.8. The van der Waals surface area contributed by atoms with E-state index < -0.39 is 28.3 Å². The second-order valence-electron chi connectivity index (χ2n) is 6.33. The molecule has 0 heterocycles. The van der Waals surface area contributed by atoms with Gasteiger partial charge in [0.25, 0.3) is 10.0 Å². The van der Waals surface area contributed by atoms with Crippen molar-refractivity contribution in [2.75, 3.05) is 17.4 Å². The van der Waals surface area contributed by atoms with Crippen LogP contribution in [0, 0.1) is 12.7 Å². The largest absolute Gasteiger partial charge is 0.355 e. The van der Waals surface area contributed by atoms with Gasteiger partial charge in [0.05, 0.1) is 10.6 Å². The summed E-state index contributed by atoms with van der Waals surface area (Å²) in [4.78, 5) is 12.3. The van der Waals surface area contributed by atoms with Crippen LogP contribution in [0.4, 0.5) is 10.1 Å². The smallest absolute Gasteiger partial charge is 0.264 e. The first-order chi connectivity index (χ1) is 12.9. The molecule has 0 radical (unpaired) electrons. The molecule has 7 heteroatoms. The van der Waals surface area contributed by atoms with Crippen LogP contribution in [0.5, 0.6) is 0 Å². The van der Waals surface area contributed by atoms with Crippen LogP contribution < -0.4 is 9.62 Å². The fraction of sp³-hybridized carbons (Fsp3) is 0.350. The molecule has 2 aromatic carbocycles. The number of hydrogen-bond donors (Lipinski definition) is 1. The molecule has 2 aromatic rings. The van der Waals surface area contributed by atoms with Crippen molar-refractivity contribution < 1.29 is 17.6 Å². The number of aryl methyl sites for hydroxylation is 1. The maximum Gasteiger partial charge on any atom is 0.264 e. The SMILES string of the molecule is CCCCCNC(=O)CN(c1ccccc1F)S(=O)(=O)c1ccc(C)cc1. The second-order valence-corrected chi connectivity index (χ2v) is 8.20. The number of amides is 1. The van der Waals surface area contributed by atoms with E-state index in [0.29, 0.717) is 6.54 Å². The standard InChI is InChI=1S/C20H25FN2O3S/c1-3-4-7-14-22-20(24)15-23(19-9-6-5-8-18(19)21)27(25,26)17-12-10-16(2)11-13-17/h5-6,8-13H,3-4,7,14-15H2,1-2H3,(H,22,24). The van der Waals surface area contributed by atoms with Crippen LogP contribution in [0.2, 0.25) is 0 Å². The number of nitrogens with zero attached hydrogens (tertiary/aromatic N) is 1. The van der Waals surface area contributed by atoms with Crippen LogP contribution in [0.15, 0.2) is 53.4 Å². The fourth-order valence-corrected chi connectivity index (χ4v) is 4.01. The Labute approximate surface area is 160 Å². The van der Waals surface area contributed by atoms with Crippen molar-refractivity contribution in [3.63, 3.8) is 0 Å². The van der Waals surface area contributed by atoms with E-state index in [4.69, 9.17) is 0 Å². The van der Waals surface area contributed by atoms with Gasteiger partial charge >= 0.3 is 0 Å². The fourth-order valence-electron chi connectivity index (χ4n) is 2.58. The molecule has 0 aromatic heterocycles. The van der Waals surface area contributed by atoms with E-state index >= 15 is 0 Å². The first-order valence-corrected chi connectivity index (χ1v) is 10.4. The average Bonchev–Trinajstić information content (AvgIpc) is 2.64. The molecule has 0 aliphatic heterocycles. The number of anilines is 1. The molecule has 0 spiro atoms. The molecule has 0 aliphatic carbocycles. The number of para-hydroxylation sites is 1. The lowest BCUT2D eigenvalue weighted by Gasteiger charge is -2.24. The van der Waals surface area contributed by atoms with Gasteiger partial charge in [-0.2, -0.15) is 0 Å². The quantitative estimate of drug-likeness (QED) is 0.663. The van der Waals surface area contributed by atoms with Crippen LogP contribution in [-0.2, 0) is 14.8 Å².